The fourth-order valence-electron chi connectivity index (χ4n) is 1.47. The van der Waals surface area contributed by atoms with Crippen LogP contribution in [0.5, 0.6) is 0 Å². The third kappa shape index (κ3) is 1.79. The summed E-state index contributed by atoms with van der Waals surface area (Å²) in [6.45, 7) is 8.58. The van der Waals surface area contributed by atoms with E-state index < -0.39 is 0 Å². The smallest absolute Gasteiger partial charge is 0.262 e. The predicted octanol–water partition coefficient (Wildman–Crippen LogP) is -0.467. The van der Waals surface area contributed by atoms with Crippen LogP contribution < -0.4 is 4.90 Å². The molecule has 0 saturated carbocycles. The van der Waals surface area contributed by atoms with E-state index in [0.717, 1.165) is 5.95 Å². The Balaban J connectivity index is 2.81. The van der Waals surface area contributed by atoms with Crippen LogP contribution >= 0.6 is 0 Å². The van der Waals surface area contributed by atoms with Crippen molar-refractivity contribution in [3.8, 4) is 0 Å². The number of nitrogens with zero attached hydrogens (tertiary/aromatic N) is 3. The van der Waals surface area contributed by atoms with Crippen molar-refractivity contribution in [3.05, 3.63) is 0 Å². The van der Waals surface area contributed by atoms with Crippen LogP contribution in [-0.2, 0) is 0 Å². The molecule has 2 N–H and O–H groups in total. The Hall–Kier alpha value is -0.970. The van der Waals surface area contributed by atoms with Gasteiger partial charge in [0.15, 0.2) is 0 Å². The van der Waals surface area contributed by atoms with E-state index in [2.05, 4.69) is 48.3 Å². The molecule has 0 fully saturated rings. The van der Waals surface area contributed by atoms with E-state index in [-0.39, 0.29) is 0 Å². The number of aromatic nitrogens is 4. The van der Waals surface area contributed by atoms with Crippen molar-refractivity contribution >= 4 is 5.95 Å². The van der Waals surface area contributed by atoms with E-state index in [4.69, 9.17) is 0 Å². The summed E-state index contributed by atoms with van der Waals surface area (Å²) in [7, 11) is 0. The standard InChI is InChI=1S/C7H15N5/c1-5(2)12(6(3)4)7-8-10-11-9-7/h5-6H,1-4H3,(H,8,9,10,11)/p+1. The normalized spacial score (nSPS) is 11.9. The van der Waals surface area contributed by atoms with Gasteiger partial charge >= 0.3 is 5.95 Å². The maximum absolute atomic E-state index is 3.97. The van der Waals surface area contributed by atoms with E-state index in [1.54, 1.807) is 0 Å². The first-order chi connectivity index (χ1) is 5.63. The average molecular weight is 170 g/mol. The number of nitrogens with one attached hydrogen (secondary N) is 2. The summed E-state index contributed by atoms with van der Waals surface area (Å²) >= 11 is 0. The van der Waals surface area contributed by atoms with Crippen molar-refractivity contribution < 1.29 is 4.90 Å². The Bertz CT molecular complexity index is 208. The van der Waals surface area contributed by atoms with Crippen molar-refractivity contribution in [1.29, 1.82) is 0 Å². The van der Waals surface area contributed by atoms with Crippen molar-refractivity contribution in [2.75, 3.05) is 0 Å². The molecule has 5 heteroatoms. The molecule has 0 bridgehead atoms. The quantitative estimate of drug-likeness (QED) is 0.645. The summed E-state index contributed by atoms with van der Waals surface area (Å²) in [5, 5.41) is 14.0. The predicted molar refractivity (Wildman–Crippen MR) is 45.1 cm³/mol. The van der Waals surface area contributed by atoms with Gasteiger partial charge in [0.05, 0.1) is 12.1 Å². The molecule has 0 aliphatic carbocycles. The third-order valence-electron chi connectivity index (χ3n) is 1.85. The molecule has 0 amide bonds. The van der Waals surface area contributed by atoms with Gasteiger partial charge in [-0.15, -0.1) is 0 Å². The number of tetrazole rings is 1. The molecule has 5 nitrogen and oxygen atoms in total. The molecule has 0 unspecified atom stereocenters. The number of hydrogen-bond donors (Lipinski definition) is 2. The van der Waals surface area contributed by atoms with Crippen LogP contribution in [0.25, 0.3) is 0 Å². The number of rotatable bonds is 3. The van der Waals surface area contributed by atoms with Gasteiger partial charge in [-0.2, -0.15) is 5.21 Å². The zero-order chi connectivity index (χ0) is 9.14. The lowest BCUT2D eigenvalue weighted by atomic mass is 10.2. The van der Waals surface area contributed by atoms with E-state index >= 15 is 0 Å². The molecular weight excluding hydrogens is 154 g/mol. The maximum atomic E-state index is 3.97. The molecule has 0 aliphatic rings. The Kier molecular flexibility index (Phi) is 2.75. The fraction of sp³-hybridized carbons (Fsp3) is 0.857. The molecule has 0 radical (unpaired) electrons. The highest BCUT2D eigenvalue weighted by Gasteiger charge is 2.23. The fourth-order valence-corrected chi connectivity index (χ4v) is 1.47. The van der Waals surface area contributed by atoms with Crippen LogP contribution in [0.15, 0.2) is 0 Å². The summed E-state index contributed by atoms with van der Waals surface area (Å²) < 4.78 is 0. The van der Waals surface area contributed by atoms with Gasteiger partial charge in [0, 0.05) is 0 Å². The lowest BCUT2D eigenvalue weighted by Crippen LogP contribution is -3.13. The molecule has 0 atom stereocenters. The highest BCUT2D eigenvalue weighted by atomic mass is 15.5. The maximum Gasteiger partial charge on any atom is 0.366 e. The Morgan fingerprint density at radius 1 is 1.17 bits per heavy atom. The van der Waals surface area contributed by atoms with Crippen LogP contribution in [0.2, 0.25) is 0 Å². The summed E-state index contributed by atoms with van der Waals surface area (Å²) in [6.07, 6.45) is 0. The highest BCUT2D eigenvalue weighted by Crippen LogP contribution is 1.87. The lowest BCUT2D eigenvalue weighted by Gasteiger charge is -2.22. The first-order valence-electron chi connectivity index (χ1n) is 4.23. The number of quaternary nitrogens is 1. The highest BCUT2D eigenvalue weighted by molar-refractivity contribution is 4.92. The van der Waals surface area contributed by atoms with Crippen LogP contribution in [-0.4, -0.2) is 32.7 Å². The Morgan fingerprint density at radius 2 is 1.75 bits per heavy atom. The molecule has 1 rings (SSSR count). The number of hydrogen-bond acceptors (Lipinski definition) is 3. The number of H-pyrrole nitrogens is 1. The molecule has 1 aromatic heterocycles. The first-order valence-corrected chi connectivity index (χ1v) is 4.23. The minimum absolute atomic E-state index is 0.475. The summed E-state index contributed by atoms with van der Waals surface area (Å²) in [6, 6.07) is 0.949. The second-order valence-corrected chi connectivity index (χ2v) is 3.50. The molecule has 0 saturated heterocycles. The zero-order valence-electron chi connectivity index (χ0n) is 8.00. The van der Waals surface area contributed by atoms with Gasteiger partial charge in [-0.25, -0.2) is 0 Å². The van der Waals surface area contributed by atoms with E-state index in [9.17, 15) is 0 Å². The average Bonchev–Trinajstić information content (AvgIpc) is 2.37. The molecule has 68 valence electrons. The molecule has 1 heterocycles. The molecule has 12 heavy (non-hydrogen) atoms. The molecule has 0 aliphatic heterocycles. The van der Waals surface area contributed by atoms with Crippen LogP contribution in [0.3, 0.4) is 0 Å². The Morgan fingerprint density at radius 3 is 2.08 bits per heavy atom. The lowest BCUT2D eigenvalue weighted by molar-refractivity contribution is -0.883. The Labute approximate surface area is 72.2 Å². The van der Waals surface area contributed by atoms with E-state index in [0.29, 0.717) is 12.1 Å². The summed E-state index contributed by atoms with van der Waals surface area (Å²) in [4.78, 5) is 1.25. The van der Waals surface area contributed by atoms with E-state index in [1.807, 2.05) is 0 Å². The van der Waals surface area contributed by atoms with E-state index in [1.165, 1.54) is 4.90 Å². The molecule has 0 aromatic carbocycles. The van der Waals surface area contributed by atoms with Gasteiger partial charge < -0.3 is 0 Å². The van der Waals surface area contributed by atoms with Gasteiger partial charge in [0.25, 0.3) is 0 Å². The van der Waals surface area contributed by atoms with Gasteiger partial charge in [0.2, 0.25) is 0 Å². The molecular formula is C7H16N5+. The van der Waals surface area contributed by atoms with Crippen LogP contribution in [0, 0.1) is 0 Å². The minimum atomic E-state index is 0.475. The van der Waals surface area contributed by atoms with Crippen LogP contribution in [0.4, 0.5) is 5.95 Å². The largest absolute Gasteiger partial charge is 0.366 e. The molecule has 1 aromatic rings. The van der Waals surface area contributed by atoms with Crippen LogP contribution in [0.1, 0.15) is 27.7 Å². The SMILES string of the molecule is CC(C)[NH+](c1nn[nH]n1)C(C)C. The van der Waals surface area contributed by atoms with Crippen molar-refractivity contribution in [2.24, 2.45) is 0 Å². The topological polar surface area (TPSA) is 58.9 Å². The van der Waals surface area contributed by atoms with Gasteiger partial charge in [-0.3, -0.25) is 4.90 Å². The number of aromatic amines is 1. The van der Waals surface area contributed by atoms with Crippen molar-refractivity contribution in [1.82, 2.24) is 20.6 Å². The van der Waals surface area contributed by atoms with Gasteiger partial charge in [-0.1, -0.05) is 10.2 Å². The third-order valence-corrected chi connectivity index (χ3v) is 1.85. The monoisotopic (exact) mass is 170 g/mol. The van der Waals surface area contributed by atoms with Gasteiger partial charge in [0.1, 0.15) is 0 Å². The first kappa shape index (κ1) is 9.12. The summed E-state index contributed by atoms with van der Waals surface area (Å²) in [5.41, 5.74) is 0. The zero-order valence-corrected chi connectivity index (χ0v) is 8.00. The summed E-state index contributed by atoms with van der Waals surface area (Å²) in [5.74, 6) is 0.750. The second-order valence-electron chi connectivity index (χ2n) is 3.50. The minimum Gasteiger partial charge on any atom is -0.262 e. The van der Waals surface area contributed by atoms with Crippen molar-refractivity contribution in [2.45, 2.75) is 39.8 Å². The van der Waals surface area contributed by atoms with Gasteiger partial charge in [-0.05, 0) is 32.9 Å². The second kappa shape index (κ2) is 3.62. The molecule has 0 spiro atoms. The van der Waals surface area contributed by atoms with Crippen molar-refractivity contribution in [3.63, 3.8) is 0 Å².